The number of likely N-dealkylation sites (N-methyl/N-ethyl adjacent to an activating group) is 1. The highest BCUT2D eigenvalue weighted by Gasteiger charge is 2.47. The van der Waals surface area contributed by atoms with E-state index < -0.39 is 10.2 Å². The smallest absolute Gasteiger partial charge is 0.282 e. The molecule has 1 aliphatic carbocycles. The summed E-state index contributed by atoms with van der Waals surface area (Å²) in [6.45, 7) is 4.76. The lowest BCUT2D eigenvalue weighted by atomic mass is 9.68. The monoisotopic (exact) mass is 374 g/mol. The van der Waals surface area contributed by atoms with Crippen molar-refractivity contribution in [2.45, 2.75) is 19.3 Å². The van der Waals surface area contributed by atoms with Crippen molar-refractivity contribution in [3.8, 4) is 0 Å². The predicted octanol–water partition coefficient (Wildman–Crippen LogP) is -0.560. The molecule has 3 rings (SSSR count). The lowest BCUT2D eigenvalue weighted by Crippen LogP contribution is -2.59. The van der Waals surface area contributed by atoms with Gasteiger partial charge in [0.2, 0.25) is 5.91 Å². The quantitative estimate of drug-likeness (QED) is 0.645. The lowest BCUT2D eigenvalue weighted by molar-refractivity contribution is -0.153. The number of piperazine rings is 2. The Bertz CT molecular complexity index is 577. The standard InChI is InChI=1S/C16H30N4O4S/c1-17-6-10-19(11-7-17)25(22,23)20-12-8-18(9-13-20)15(21)16(14-24-2)4-3-5-16/h3-14H2,1-2H3. The van der Waals surface area contributed by atoms with Crippen LogP contribution in [0.1, 0.15) is 19.3 Å². The first-order chi connectivity index (χ1) is 11.9. The van der Waals surface area contributed by atoms with Gasteiger partial charge in [-0.3, -0.25) is 4.79 Å². The number of amides is 1. The number of hydrogen-bond donors (Lipinski definition) is 0. The number of nitrogens with zero attached hydrogens (tertiary/aromatic N) is 4. The molecular formula is C16H30N4O4S. The summed E-state index contributed by atoms with van der Waals surface area (Å²) in [5.74, 6) is 0.136. The molecule has 9 heteroatoms. The molecule has 0 aromatic rings. The van der Waals surface area contributed by atoms with Gasteiger partial charge >= 0.3 is 0 Å². The molecule has 25 heavy (non-hydrogen) atoms. The molecule has 3 aliphatic rings. The lowest BCUT2D eigenvalue weighted by Gasteiger charge is -2.45. The Hall–Kier alpha value is -0.740. The maximum Gasteiger partial charge on any atom is 0.282 e. The Morgan fingerprint density at radius 2 is 1.48 bits per heavy atom. The van der Waals surface area contributed by atoms with Crippen molar-refractivity contribution >= 4 is 16.1 Å². The molecule has 0 bridgehead atoms. The fraction of sp³-hybridized carbons (Fsp3) is 0.938. The molecular weight excluding hydrogens is 344 g/mol. The second-order valence-corrected chi connectivity index (χ2v) is 9.40. The van der Waals surface area contributed by atoms with E-state index in [9.17, 15) is 13.2 Å². The molecule has 0 unspecified atom stereocenters. The topological polar surface area (TPSA) is 73.4 Å². The Morgan fingerprint density at radius 3 is 1.92 bits per heavy atom. The van der Waals surface area contributed by atoms with Crippen LogP contribution in [0, 0.1) is 5.41 Å². The van der Waals surface area contributed by atoms with Gasteiger partial charge in [0.1, 0.15) is 0 Å². The summed E-state index contributed by atoms with van der Waals surface area (Å²) >= 11 is 0. The SMILES string of the molecule is COCC1(C(=O)N2CCN(S(=O)(=O)N3CCN(C)CC3)CC2)CCC1. The zero-order valence-electron chi connectivity index (χ0n) is 15.3. The van der Waals surface area contributed by atoms with Gasteiger partial charge in [0.05, 0.1) is 12.0 Å². The van der Waals surface area contributed by atoms with Crippen molar-refractivity contribution < 1.29 is 17.9 Å². The molecule has 8 nitrogen and oxygen atoms in total. The third-order valence-electron chi connectivity index (χ3n) is 5.83. The van der Waals surface area contributed by atoms with Crippen molar-refractivity contribution in [3.05, 3.63) is 0 Å². The largest absolute Gasteiger partial charge is 0.384 e. The summed E-state index contributed by atoms with van der Waals surface area (Å²) in [4.78, 5) is 16.8. The van der Waals surface area contributed by atoms with Crippen LogP contribution < -0.4 is 0 Å². The molecule has 0 aromatic heterocycles. The van der Waals surface area contributed by atoms with Gasteiger partial charge in [-0.1, -0.05) is 6.42 Å². The summed E-state index contributed by atoms with van der Waals surface area (Å²) in [7, 11) is 0.220. The van der Waals surface area contributed by atoms with E-state index in [0.29, 0.717) is 45.9 Å². The van der Waals surface area contributed by atoms with Crippen LogP contribution in [0.3, 0.4) is 0 Å². The summed E-state index contributed by atoms with van der Waals surface area (Å²) in [6.07, 6.45) is 2.81. The molecule has 0 atom stereocenters. The summed E-state index contributed by atoms with van der Waals surface area (Å²) in [5, 5.41) is 0. The summed E-state index contributed by atoms with van der Waals surface area (Å²) in [6, 6.07) is 0. The Balaban J connectivity index is 1.57. The third-order valence-corrected chi connectivity index (χ3v) is 7.86. The summed E-state index contributed by atoms with van der Waals surface area (Å²) < 4.78 is 34.0. The number of ether oxygens (including phenoxy) is 1. The van der Waals surface area contributed by atoms with Crippen LogP contribution >= 0.6 is 0 Å². The van der Waals surface area contributed by atoms with Crippen LogP contribution in [-0.2, 0) is 19.7 Å². The fourth-order valence-electron chi connectivity index (χ4n) is 3.94. The van der Waals surface area contributed by atoms with Crippen molar-refractivity contribution in [2.75, 3.05) is 73.1 Å². The van der Waals surface area contributed by atoms with Gasteiger partial charge in [-0.2, -0.15) is 17.0 Å². The zero-order valence-corrected chi connectivity index (χ0v) is 16.1. The number of hydrogen-bond acceptors (Lipinski definition) is 5. The molecule has 0 radical (unpaired) electrons. The van der Waals surface area contributed by atoms with E-state index in [0.717, 1.165) is 32.4 Å². The van der Waals surface area contributed by atoms with Crippen LogP contribution in [0.4, 0.5) is 0 Å². The Labute approximate surface area is 150 Å². The predicted molar refractivity (Wildman–Crippen MR) is 94.3 cm³/mol. The highest BCUT2D eigenvalue weighted by molar-refractivity contribution is 7.86. The molecule has 3 fully saturated rings. The van der Waals surface area contributed by atoms with Crippen molar-refractivity contribution in [1.82, 2.24) is 18.4 Å². The van der Waals surface area contributed by atoms with E-state index in [4.69, 9.17) is 4.74 Å². The molecule has 2 aliphatic heterocycles. The average molecular weight is 375 g/mol. The van der Waals surface area contributed by atoms with Gasteiger partial charge in [-0.25, -0.2) is 0 Å². The Morgan fingerprint density at radius 1 is 0.960 bits per heavy atom. The fourth-order valence-corrected chi connectivity index (χ4v) is 5.52. The van der Waals surface area contributed by atoms with Crippen LogP contribution in [0.15, 0.2) is 0 Å². The molecule has 0 spiro atoms. The average Bonchev–Trinajstić information content (AvgIpc) is 2.58. The van der Waals surface area contributed by atoms with Gasteiger partial charge in [-0.15, -0.1) is 0 Å². The highest BCUT2D eigenvalue weighted by atomic mass is 32.2. The Kier molecular flexibility index (Phi) is 5.69. The van der Waals surface area contributed by atoms with Gasteiger partial charge in [0.25, 0.3) is 10.2 Å². The van der Waals surface area contributed by atoms with Gasteiger partial charge in [0.15, 0.2) is 0 Å². The van der Waals surface area contributed by atoms with Gasteiger partial charge < -0.3 is 14.5 Å². The molecule has 1 saturated carbocycles. The molecule has 2 saturated heterocycles. The summed E-state index contributed by atoms with van der Waals surface area (Å²) in [5.41, 5.74) is -0.368. The number of rotatable bonds is 5. The van der Waals surface area contributed by atoms with Gasteiger partial charge in [-0.05, 0) is 19.9 Å². The minimum absolute atomic E-state index is 0.136. The molecule has 0 N–H and O–H groups in total. The highest BCUT2D eigenvalue weighted by Crippen LogP contribution is 2.42. The van der Waals surface area contributed by atoms with Crippen molar-refractivity contribution in [1.29, 1.82) is 0 Å². The second-order valence-electron chi connectivity index (χ2n) is 7.47. The molecule has 144 valence electrons. The van der Waals surface area contributed by atoms with Gasteiger partial charge in [0, 0.05) is 59.5 Å². The van der Waals surface area contributed by atoms with E-state index in [2.05, 4.69) is 4.90 Å². The maximum atomic E-state index is 12.8. The van der Waals surface area contributed by atoms with Crippen LogP contribution in [-0.4, -0.2) is 106 Å². The zero-order chi connectivity index (χ0) is 18.1. The van der Waals surface area contributed by atoms with Crippen LogP contribution in [0.25, 0.3) is 0 Å². The second kappa shape index (κ2) is 7.48. The van der Waals surface area contributed by atoms with Crippen molar-refractivity contribution in [3.63, 3.8) is 0 Å². The van der Waals surface area contributed by atoms with E-state index in [1.807, 2.05) is 11.9 Å². The molecule has 1 amide bonds. The normalized spacial score (nSPS) is 26.4. The van der Waals surface area contributed by atoms with E-state index >= 15 is 0 Å². The molecule has 2 heterocycles. The maximum absolute atomic E-state index is 12.8. The third kappa shape index (κ3) is 3.71. The first-order valence-electron chi connectivity index (χ1n) is 9.11. The van der Waals surface area contributed by atoms with E-state index in [-0.39, 0.29) is 11.3 Å². The van der Waals surface area contributed by atoms with E-state index in [1.54, 1.807) is 11.4 Å². The minimum Gasteiger partial charge on any atom is -0.384 e. The number of methoxy groups -OCH3 is 1. The van der Waals surface area contributed by atoms with Crippen LogP contribution in [0.2, 0.25) is 0 Å². The molecule has 0 aromatic carbocycles. The number of carbonyl (C=O) groups excluding carboxylic acids is 1. The first-order valence-corrected chi connectivity index (χ1v) is 10.5. The van der Waals surface area contributed by atoms with Crippen LogP contribution in [0.5, 0.6) is 0 Å². The van der Waals surface area contributed by atoms with Crippen molar-refractivity contribution in [2.24, 2.45) is 5.41 Å². The van der Waals surface area contributed by atoms with E-state index in [1.165, 1.54) is 4.31 Å². The first kappa shape index (κ1) is 19.0. The number of carbonyl (C=O) groups is 1. The minimum atomic E-state index is -3.42.